The van der Waals surface area contributed by atoms with Gasteiger partial charge in [0, 0.05) is 10.9 Å². The van der Waals surface area contributed by atoms with E-state index >= 15 is 0 Å². The van der Waals surface area contributed by atoms with Crippen molar-refractivity contribution in [2.75, 3.05) is 0 Å². The zero-order valence-corrected chi connectivity index (χ0v) is 7.98. The van der Waals surface area contributed by atoms with E-state index < -0.39 is 17.7 Å². The highest BCUT2D eigenvalue weighted by Gasteiger charge is 2.13. The molecule has 0 saturated carbocycles. The lowest BCUT2D eigenvalue weighted by atomic mass is 10.0. The lowest BCUT2D eigenvalue weighted by Crippen LogP contribution is -1.86. The minimum atomic E-state index is -2.41. The van der Waals surface area contributed by atoms with Crippen molar-refractivity contribution in [1.82, 2.24) is 0 Å². The molecule has 82 valence electrons. The Kier molecular flexibility index (Phi) is 2.64. The van der Waals surface area contributed by atoms with Crippen molar-refractivity contribution in [2.45, 2.75) is 0 Å². The first-order chi connectivity index (χ1) is 7.61. The quantitative estimate of drug-likeness (QED) is 0.627. The van der Waals surface area contributed by atoms with Gasteiger partial charge in [0.25, 0.3) is 0 Å². The van der Waals surface area contributed by atoms with Crippen LogP contribution in [0.2, 0.25) is 0 Å². The van der Waals surface area contributed by atoms with Crippen LogP contribution >= 0.6 is 0 Å². The predicted octanol–water partition coefficient (Wildman–Crippen LogP) is 4.51. The van der Waals surface area contributed by atoms with Crippen molar-refractivity contribution in [2.24, 2.45) is 0 Å². The first kappa shape index (κ1) is 10.7. The van der Waals surface area contributed by atoms with E-state index in [1.165, 1.54) is 18.2 Å². The molecule has 0 atom stereocenters. The van der Waals surface area contributed by atoms with Crippen LogP contribution in [0.25, 0.3) is 16.6 Å². The van der Waals surface area contributed by atoms with Gasteiger partial charge < -0.3 is 0 Å². The van der Waals surface area contributed by atoms with Crippen molar-refractivity contribution >= 4 is 16.6 Å². The van der Waals surface area contributed by atoms with Gasteiger partial charge in [-0.25, -0.2) is 8.78 Å². The monoisotopic (exact) mass is 226 g/mol. The lowest BCUT2D eigenvalue weighted by Gasteiger charge is -2.04. The molecule has 0 aliphatic heterocycles. The van der Waals surface area contributed by atoms with E-state index in [4.69, 9.17) is 0 Å². The van der Waals surface area contributed by atoms with Crippen LogP contribution in [-0.4, -0.2) is 0 Å². The predicted molar refractivity (Wildman–Crippen MR) is 54.2 cm³/mol. The SMILES string of the molecule is FC(F)=C(F)c1ccc(F)c2ccccc12. The Bertz CT molecular complexity index is 568. The fourth-order valence-electron chi connectivity index (χ4n) is 1.56. The molecule has 0 spiro atoms. The molecule has 0 bridgehead atoms. The summed E-state index contributed by atoms with van der Waals surface area (Å²) in [4.78, 5) is 0. The van der Waals surface area contributed by atoms with Crippen molar-refractivity contribution < 1.29 is 17.6 Å². The van der Waals surface area contributed by atoms with Gasteiger partial charge in [-0.15, -0.1) is 0 Å². The molecule has 16 heavy (non-hydrogen) atoms. The Morgan fingerprint density at radius 2 is 1.44 bits per heavy atom. The number of benzene rings is 2. The minimum absolute atomic E-state index is 0.122. The maximum absolute atomic E-state index is 13.3. The molecule has 0 aliphatic carbocycles. The van der Waals surface area contributed by atoms with Crippen molar-refractivity contribution in [3.8, 4) is 0 Å². The number of hydrogen-bond acceptors (Lipinski definition) is 0. The maximum atomic E-state index is 13.3. The topological polar surface area (TPSA) is 0 Å². The summed E-state index contributed by atoms with van der Waals surface area (Å²) in [6.45, 7) is 0. The summed E-state index contributed by atoms with van der Waals surface area (Å²) in [6, 6.07) is 7.89. The molecule has 2 aromatic carbocycles. The Hall–Kier alpha value is -1.84. The summed E-state index contributed by atoms with van der Waals surface area (Å²) < 4.78 is 50.7. The molecule has 0 N–H and O–H groups in total. The molecule has 2 aromatic rings. The zero-order valence-electron chi connectivity index (χ0n) is 7.98. The van der Waals surface area contributed by atoms with Gasteiger partial charge in [-0.3, -0.25) is 0 Å². The van der Waals surface area contributed by atoms with Crippen molar-refractivity contribution in [1.29, 1.82) is 0 Å². The van der Waals surface area contributed by atoms with Crippen LogP contribution in [0.1, 0.15) is 5.56 Å². The van der Waals surface area contributed by atoms with Crippen LogP contribution in [0.5, 0.6) is 0 Å². The summed E-state index contributed by atoms with van der Waals surface area (Å²) in [7, 11) is 0. The van der Waals surface area contributed by atoms with Crippen molar-refractivity contribution in [3.05, 3.63) is 53.9 Å². The van der Waals surface area contributed by atoms with Crippen LogP contribution < -0.4 is 0 Å². The first-order valence-electron chi connectivity index (χ1n) is 4.49. The van der Waals surface area contributed by atoms with Crippen LogP contribution in [0.4, 0.5) is 17.6 Å². The molecular weight excluding hydrogens is 220 g/mol. The Labute approximate surface area is 88.8 Å². The van der Waals surface area contributed by atoms with E-state index in [-0.39, 0.29) is 16.3 Å². The second-order valence-corrected chi connectivity index (χ2v) is 3.21. The summed E-state index contributed by atoms with van der Waals surface area (Å²) in [6.07, 6.45) is -2.41. The molecule has 0 amide bonds. The lowest BCUT2D eigenvalue weighted by molar-refractivity contribution is 0.410. The maximum Gasteiger partial charge on any atom is 0.306 e. The Morgan fingerprint density at radius 3 is 2.06 bits per heavy atom. The fraction of sp³-hybridized carbons (Fsp3) is 0. The van der Waals surface area contributed by atoms with E-state index in [0.29, 0.717) is 0 Å². The third-order valence-corrected chi connectivity index (χ3v) is 2.27. The van der Waals surface area contributed by atoms with E-state index in [9.17, 15) is 17.6 Å². The molecular formula is C12H6F4. The number of rotatable bonds is 1. The van der Waals surface area contributed by atoms with Gasteiger partial charge in [0.1, 0.15) is 5.82 Å². The van der Waals surface area contributed by atoms with E-state index in [1.54, 1.807) is 6.07 Å². The second-order valence-electron chi connectivity index (χ2n) is 3.21. The van der Waals surface area contributed by atoms with Crippen LogP contribution in [0.3, 0.4) is 0 Å². The summed E-state index contributed by atoms with van der Waals surface area (Å²) >= 11 is 0. The highest BCUT2D eigenvalue weighted by Crippen LogP contribution is 2.30. The Balaban J connectivity index is 2.83. The largest absolute Gasteiger partial charge is 0.306 e. The van der Waals surface area contributed by atoms with Crippen LogP contribution in [-0.2, 0) is 0 Å². The van der Waals surface area contributed by atoms with Crippen LogP contribution in [0, 0.1) is 5.82 Å². The van der Waals surface area contributed by atoms with Gasteiger partial charge in [-0.05, 0) is 17.5 Å². The van der Waals surface area contributed by atoms with Crippen molar-refractivity contribution in [3.63, 3.8) is 0 Å². The molecule has 0 nitrogen and oxygen atoms in total. The summed E-state index contributed by atoms with van der Waals surface area (Å²) in [5.41, 5.74) is -0.294. The third-order valence-electron chi connectivity index (χ3n) is 2.27. The van der Waals surface area contributed by atoms with Gasteiger partial charge >= 0.3 is 6.08 Å². The molecule has 4 heteroatoms. The fourth-order valence-corrected chi connectivity index (χ4v) is 1.56. The zero-order chi connectivity index (χ0) is 11.7. The van der Waals surface area contributed by atoms with Gasteiger partial charge in [-0.2, -0.15) is 8.78 Å². The van der Waals surface area contributed by atoms with E-state index in [1.807, 2.05) is 0 Å². The molecule has 0 saturated heterocycles. The average Bonchev–Trinajstić information content (AvgIpc) is 2.29. The van der Waals surface area contributed by atoms with E-state index in [0.717, 1.165) is 12.1 Å². The first-order valence-corrected chi connectivity index (χ1v) is 4.49. The number of hydrogen-bond donors (Lipinski definition) is 0. The summed E-state index contributed by atoms with van der Waals surface area (Å²) in [5, 5.41) is 0.254. The number of halogens is 4. The van der Waals surface area contributed by atoms with Gasteiger partial charge in [-0.1, -0.05) is 24.3 Å². The standard InChI is InChI=1S/C12H6F4/c13-10-6-5-9(11(14)12(15)16)7-3-1-2-4-8(7)10/h1-6H. The molecule has 2 rings (SSSR count). The molecule has 0 radical (unpaired) electrons. The molecule has 0 aromatic heterocycles. The second kappa shape index (κ2) is 3.96. The molecule has 0 aliphatic rings. The van der Waals surface area contributed by atoms with Crippen LogP contribution in [0.15, 0.2) is 42.5 Å². The molecule has 0 fully saturated rings. The highest BCUT2D eigenvalue weighted by molar-refractivity contribution is 5.92. The van der Waals surface area contributed by atoms with Gasteiger partial charge in [0.2, 0.25) is 0 Å². The average molecular weight is 226 g/mol. The van der Waals surface area contributed by atoms with E-state index in [2.05, 4.69) is 0 Å². The minimum Gasteiger partial charge on any atom is -0.206 e. The van der Waals surface area contributed by atoms with Gasteiger partial charge in [0.15, 0.2) is 5.83 Å². The normalized spacial score (nSPS) is 10.5. The Morgan fingerprint density at radius 1 is 0.812 bits per heavy atom. The molecule has 0 unspecified atom stereocenters. The highest BCUT2D eigenvalue weighted by atomic mass is 19.3. The molecule has 0 heterocycles. The smallest absolute Gasteiger partial charge is 0.206 e. The third kappa shape index (κ3) is 1.66. The van der Waals surface area contributed by atoms with Gasteiger partial charge in [0.05, 0.1) is 0 Å². The summed E-state index contributed by atoms with van der Waals surface area (Å²) in [5.74, 6) is -2.18. The number of fused-ring (bicyclic) bond motifs is 1.